The van der Waals surface area contributed by atoms with Gasteiger partial charge in [0.2, 0.25) is 0 Å². The number of carbonyl (C=O) groups excluding carboxylic acids is 1. The van der Waals surface area contributed by atoms with Crippen LogP contribution in [0, 0.1) is 0 Å². The van der Waals surface area contributed by atoms with Crippen LogP contribution in [0.4, 0.5) is 5.13 Å². The van der Waals surface area contributed by atoms with Crippen molar-refractivity contribution in [2.75, 3.05) is 51.3 Å². The molecule has 0 unspecified atom stereocenters. The number of thiazole rings is 1. The molecule has 1 aliphatic heterocycles. The van der Waals surface area contributed by atoms with Gasteiger partial charge in [0.15, 0.2) is 5.13 Å². The first-order valence-electron chi connectivity index (χ1n) is 11.7. The molecule has 0 spiro atoms. The van der Waals surface area contributed by atoms with E-state index in [2.05, 4.69) is 21.2 Å². The Morgan fingerprint density at radius 2 is 1.69 bits per heavy atom. The average molecular weight is 489 g/mol. The van der Waals surface area contributed by atoms with Gasteiger partial charge in [0, 0.05) is 39.3 Å². The quantitative estimate of drug-likeness (QED) is 0.390. The van der Waals surface area contributed by atoms with E-state index in [0.29, 0.717) is 23.6 Å². The molecule has 1 aliphatic rings. The van der Waals surface area contributed by atoms with Crippen LogP contribution in [0.25, 0.3) is 10.2 Å². The van der Waals surface area contributed by atoms with Crippen LogP contribution in [0.15, 0.2) is 72.8 Å². The standard InChI is InChI=1S/C27H28N4O3S/c1-33-23-12-7-13-24-25(23)29-27(35-24)31-18-16-30(17-19-31)15-14-28-26(32)21-10-5-6-11-22(21)34-20-8-3-2-4-9-20/h2-13H,14-19H2,1H3,(H,28,32). The van der Waals surface area contributed by atoms with Gasteiger partial charge in [0.05, 0.1) is 17.4 Å². The van der Waals surface area contributed by atoms with Gasteiger partial charge >= 0.3 is 0 Å². The number of aromatic nitrogens is 1. The normalized spacial score (nSPS) is 14.1. The summed E-state index contributed by atoms with van der Waals surface area (Å²) >= 11 is 1.70. The molecule has 0 saturated carbocycles. The van der Waals surface area contributed by atoms with E-state index in [1.807, 2.05) is 60.7 Å². The van der Waals surface area contributed by atoms with Crippen LogP contribution in [0.1, 0.15) is 10.4 Å². The van der Waals surface area contributed by atoms with Gasteiger partial charge in [-0.1, -0.05) is 47.7 Å². The predicted octanol–water partition coefficient (Wildman–Crippen LogP) is 4.65. The summed E-state index contributed by atoms with van der Waals surface area (Å²) in [5, 5.41) is 4.08. The zero-order chi connectivity index (χ0) is 24.0. The fraction of sp³-hybridized carbons (Fsp3) is 0.259. The highest BCUT2D eigenvalue weighted by Crippen LogP contribution is 2.34. The van der Waals surface area contributed by atoms with Gasteiger partial charge in [0.1, 0.15) is 22.8 Å². The smallest absolute Gasteiger partial charge is 0.255 e. The number of fused-ring (bicyclic) bond motifs is 1. The summed E-state index contributed by atoms with van der Waals surface area (Å²) in [5.41, 5.74) is 1.46. The number of amides is 1. The lowest BCUT2D eigenvalue weighted by molar-refractivity contribution is 0.0945. The Morgan fingerprint density at radius 1 is 0.943 bits per heavy atom. The maximum absolute atomic E-state index is 12.8. The van der Waals surface area contributed by atoms with Crippen molar-refractivity contribution in [2.24, 2.45) is 0 Å². The number of anilines is 1. The molecular weight excluding hydrogens is 460 g/mol. The minimum absolute atomic E-state index is 0.126. The molecule has 1 saturated heterocycles. The highest BCUT2D eigenvalue weighted by molar-refractivity contribution is 7.22. The zero-order valence-corrected chi connectivity index (χ0v) is 20.5. The Morgan fingerprint density at radius 3 is 2.49 bits per heavy atom. The van der Waals surface area contributed by atoms with Gasteiger partial charge in [-0.05, 0) is 36.4 Å². The second kappa shape index (κ2) is 10.8. The highest BCUT2D eigenvalue weighted by atomic mass is 32.1. The number of para-hydroxylation sites is 3. The van der Waals surface area contributed by atoms with E-state index < -0.39 is 0 Å². The molecule has 0 atom stereocenters. The van der Waals surface area contributed by atoms with Crippen molar-refractivity contribution in [1.29, 1.82) is 0 Å². The van der Waals surface area contributed by atoms with Crippen LogP contribution in [0.2, 0.25) is 0 Å². The minimum Gasteiger partial charge on any atom is -0.494 e. The zero-order valence-electron chi connectivity index (χ0n) is 19.6. The number of nitrogens with zero attached hydrogens (tertiary/aromatic N) is 3. The minimum atomic E-state index is -0.126. The summed E-state index contributed by atoms with van der Waals surface area (Å²) in [5.74, 6) is 1.95. The fourth-order valence-electron chi connectivity index (χ4n) is 4.16. The third-order valence-electron chi connectivity index (χ3n) is 6.05. The number of piperazine rings is 1. The SMILES string of the molecule is COc1cccc2sc(N3CCN(CCNC(=O)c4ccccc4Oc4ccccc4)CC3)nc12. The topological polar surface area (TPSA) is 66.9 Å². The number of nitrogens with one attached hydrogen (secondary N) is 1. The van der Waals surface area contributed by atoms with Crippen molar-refractivity contribution in [3.8, 4) is 17.2 Å². The van der Waals surface area contributed by atoms with E-state index in [0.717, 1.165) is 53.8 Å². The lowest BCUT2D eigenvalue weighted by Crippen LogP contribution is -2.48. The summed E-state index contributed by atoms with van der Waals surface area (Å²) in [6.45, 7) is 5.05. The van der Waals surface area contributed by atoms with Crippen LogP contribution < -0.4 is 19.7 Å². The van der Waals surface area contributed by atoms with Gasteiger partial charge in [-0.2, -0.15) is 0 Å². The van der Waals surface area contributed by atoms with Crippen molar-refractivity contribution in [3.63, 3.8) is 0 Å². The lowest BCUT2D eigenvalue weighted by Gasteiger charge is -2.34. The average Bonchev–Trinajstić information content (AvgIpc) is 3.34. The molecule has 0 aliphatic carbocycles. The van der Waals surface area contributed by atoms with E-state index in [1.165, 1.54) is 0 Å². The molecule has 1 aromatic heterocycles. The number of hydrogen-bond donors (Lipinski definition) is 1. The fourth-order valence-corrected chi connectivity index (χ4v) is 5.19. The largest absolute Gasteiger partial charge is 0.494 e. The van der Waals surface area contributed by atoms with Crippen LogP contribution >= 0.6 is 11.3 Å². The third-order valence-corrected chi connectivity index (χ3v) is 7.13. The Labute approximate surface area is 208 Å². The lowest BCUT2D eigenvalue weighted by atomic mass is 10.2. The number of hydrogen-bond acceptors (Lipinski definition) is 7. The van der Waals surface area contributed by atoms with Gasteiger partial charge in [-0.15, -0.1) is 0 Å². The molecule has 35 heavy (non-hydrogen) atoms. The number of ether oxygens (including phenoxy) is 2. The first-order valence-corrected chi connectivity index (χ1v) is 12.5. The van der Waals surface area contributed by atoms with E-state index in [1.54, 1.807) is 24.5 Å². The predicted molar refractivity (Wildman–Crippen MR) is 140 cm³/mol. The molecule has 0 bridgehead atoms. The molecule has 5 rings (SSSR count). The van der Waals surface area contributed by atoms with Gasteiger partial charge < -0.3 is 19.7 Å². The maximum atomic E-state index is 12.8. The summed E-state index contributed by atoms with van der Waals surface area (Å²) in [6.07, 6.45) is 0. The summed E-state index contributed by atoms with van der Waals surface area (Å²) in [6, 6.07) is 22.9. The Hall–Kier alpha value is -3.62. The molecule has 1 amide bonds. The van der Waals surface area contributed by atoms with Crippen LogP contribution in [-0.2, 0) is 0 Å². The molecule has 1 fully saturated rings. The van der Waals surface area contributed by atoms with E-state index in [-0.39, 0.29) is 5.91 Å². The summed E-state index contributed by atoms with van der Waals surface area (Å²) in [4.78, 5) is 22.4. The van der Waals surface area contributed by atoms with Crippen LogP contribution in [-0.4, -0.2) is 62.2 Å². The second-order valence-corrected chi connectivity index (χ2v) is 9.31. The van der Waals surface area contributed by atoms with E-state index in [9.17, 15) is 4.79 Å². The molecule has 4 aromatic rings. The number of methoxy groups -OCH3 is 1. The monoisotopic (exact) mass is 488 g/mol. The van der Waals surface area contributed by atoms with Crippen molar-refractivity contribution in [3.05, 3.63) is 78.4 Å². The third kappa shape index (κ3) is 5.39. The Bertz CT molecular complexity index is 1290. The molecule has 2 heterocycles. The first kappa shape index (κ1) is 23.1. The van der Waals surface area contributed by atoms with Gasteiger partial charge in [-0.25, -0.2) is 4.98 Å². The molecule has 7 nitrogen and oxygen atoms in total. The van der Waals surface area contributed by atoms with Crippen molar-refractivity contribution < 1.29 is 14.3 Å². The molecule has 3 aromatic carbocycles. The van der Waals surface area contributed by atoms with Crippen molar-refractivity contribution in [1.82, 2.24) is 15.2 Å². The molecule has 180 valence electrons. The van der Waals surface area contributed by atoms with Crippen molar-refractivity contribution >= 4 is 32.6 Å². The summed E-state index contributed by atoms with van der Waals surface area (Å²) < 4.78 is 12.5. The Balaban J connectivity index is 1.12. The van der Waals surface area contributed by atoms with Crippen LogP contribution in [0.3, 0.4) is 0 Å². The Kier molecular flexibility index (Phi) is 7.11. The molecule has 1 N–H and O–H groups in total. The molecule has 8 heteroatoms. The highest BCUT2D eigenvalue weighted by Gasteiger charge is 2.21. The van der Waals surface area contributed by atoms with Gasteiger partial charge in [-0.3, -0.25) is 9.69 Å². The first-order chi connectivity index (χ1) is 17.2. The van der Waals surface area contributed by atoms with E-state index >= 15 is 0 Å². The van der Waals surface area contributed by atoms with Crippen LogP contribution in [0.5, 0.6) is 17.2 Å². The molecule has 0 radical (unpaired) electrons. The van der Waals surface area contributed by atoms with Gasteiger partial charge in [0.25, 0.3) is 5.91 Å². The number of benzene rings is 3. The number of carbonyl (C=O) groups is 1. The van der Waals surface area contributed by atoms with Crippen molar-refractivity contribution in [2.45, 2.75) is 0 Å². The van der Waals surface area contributed by atoms with E-state index in [4.69, 9.17) is 14.5 Å². The molecular formula is C27H28N4O3S. The second-order valence-electron chi connectivity index (χ2n) is 8.30. The maximum Gasteiger partial charge on any atom is 0.255 e. The summed E-state index contributed by atoms with van der Waals surface area (Å²) in [7, 11) is 1.68. The number of rotatable bonds is 8.